The third-order valence-electron chi connectivity index (χ3n) is 3.67. The number of nitrogens with zero attached hydrogens (tertiary/aromatic N) is 1. The molecule has 0 saturated carbocycles. The number of carbonyl (C=O) groups is 1. The van der Waals surface area contributed by atoms with Gasteiger partial charge in [-0.2, -0.15) is 5.10 Å². The van der Waals surface area contributed by atoms with E-state index in [1.165, 1.54) is 5.56 Å². The number of rotatable bonds is 5. The van der Waals surface area contributed by atoms with Crippen LogP contribution in [0.3, 0.4) is 0 Å². The maximum atomic E-state index is 12.2. The molecule has 0 radical (unpaired) electrons. The van der Waals surface area contributed by atoms with Crippen LogP contribution in [0, 0.1) is 13.8 Å². The summed E-state index contributed by atoms with van der Waals surface area (Å²) in [6.07, 6.45) is -0.755. The average Bonchev–Trinajstić information content (AvgIpc) is 2.54. The number of carbonyl (C=O) groups excluding carboxylic acids is 1. The second-order valence-electron chi connectivity index (χ2n) is 5.83. The van der Waals surface area contributed by atoms with Gasteiger partial charge in [-0.15, -0.1) is 0 Å². The number of amides is 1. The van der Waals surface area contributed by atoms with E-state index in [1.54, 1.807) is 25.1 Å². The number of nitrogens with one attached hydrogen (secondary N) is 1. The Hall–Kier alpha value is -2.04. The fourth-order valence-corrected chi connectivity index (χ4v) is 2.78. The zero-order chi connectivity index (χ0) is 18.6. The van der Waals surface area contributed by atoms with Gasteiger partial charge >= 0.3 is 0 Å². The Labute approximate surface area is 157 Å². The molecule has 0 spiro atoms. The number of aryl methyl sites for hydroxylation is 2. The van der Waals surface area contributed by atoms with Crippen LogP contribution < -0.4 is 10.2 Å². The Balaban J connectivity index is 2.03. The van der Waals surface area contributed by atoms with E-state index in [0.29, 0.717) is 15.8 Å². The van der Waals surface area contributed by atoms with Crippen LogP contribution in [0.4, 0.5) is 0 Å². The van der Waals surface area contributed by atoms with E-state index in [9.17, 15) is 4.79 Å². The van der Waals surface area contributed by atoms with Crippen molar-refractivity contribution < 1.29 is 9.53 Å². The molecule has 1 unspecified atom stereocenters. The van der Waals surface area contributed by atoms with Crippen molar-refractivity contribution in [3.8, 4) is 5.75 Å². The summed E-state index contributed by atoms with van der Waals surface area (Å²) in [7, 11) is 0. The molecule has 0 aliphatic heterocycles. The minimum absolute atomic E-state index is 0.349. The first-order valence-electron chi connectivity index (χ1n) is 7.81. The largest absolute Gasteiger partial charge is 0.479 e. The Kier molecular flexibility index (Phi) is 6.45. The molecule has 1 atom stereocenters. The lowest BCUT2D eigenvalue weighted by Crippen LogP contribution is -2.34. The molecular weight excluding hydrogens is 359 g/mol. The van der Waals surface area contributed by atoms with E-state index in [4.69, 9.17) is 27.9 Å². The van der Waals surface area contributed by atoms with Crippen LogP contribution in [-0.2, 0) is 4.79 Å². The van der Waals surface area contributed by atoms with Crippen molar-refractivity contribution >= 4 is 34.8 Å². The summed E-state index contributed by atoms with van der Waals surface area (Å²) >= 11 is 11.9. The lowest BCUT2D eigenvalue weighted by atomic mass is 10.0. The molecule has 0 fully saturated rings. The minimum atomic E-state index is -0.755. The van der Waals surface area contributed by atoms with Crippen LogP contribution in [0.15, 0.2) is 41.5 Å². The standard InChI is InChI=1S/C19H20Cl2N2O2/c1-11-5-7-16(12(2)9-11)13(3)22-23-19(24)14(4)25-18-8-6-15(20)10-17(18)21/h5-10,14H,1-4H3,(H,23,24)/b22-13+. The van der Waals surface area contributed by atoms with Gasteiger partial charge in [0, 0.05) is 10.6 Å². The molecule has 0 bridgehead atoms. The second-order valence-corrected chi connectivity index (χ2v) is 6.67. The highest BCUT2D eigenvalue weighted by Crippen LogP contribution is 2.28. The normalized spacial score (nSPS) is 12.6. The third kappa shape index (κ3) is 5.21. The lowest BCUT2D eigenvalue weighted by molar-refractivity contribution is -0.127. The molecule has 25 heavy (non-hydrogen) atoms. The van der Waals surface area contributed by atoms with Gasteiger partial charge in [0.25, 0.3) is 5.91 Å². The summed E-state index contributed by atoms with van der Waals surface area (Å²) < 4.78 is 5.57. The fraction of sp³-hybridized carbons (Fsp3) is 0.263. The number of hydrazone groups is 1. The first kappa shape index (κ1) is 19.3. The van der Waals surface area contributed by atoms with Crippen LogP contribution in [-0.4, -0.2) is 17.7 Å². The molecule has 0 aromatic heterocycles. The highest BCUT2D eigenvalue weighted by atomic mass is 35.5. The van der Waals surface area contributed by atoms with Crippen molar-refractivity contribution in [2.75, 3.05) is 0 Å². The van der Waals surface area contributed by atoms with Crippen molar-refractivity contribution in [2.45, 2.75) is 33.8 Å². The maximum Gasteiger partial charge on any atom is 0.280 e. The molecule has 2 aromatic rings. The number of halogens is 2. The predicted molar refractivity (Wildman–Crippen MR) is 103 cm³/mol. The predicted octanol–water partition coefficient (Wildman–Crippen LogP) is 4.92. The summed E-state index contributed by atoms with van der Waals surface area (Å²) in [5.74, 6) is 0.0268. The molecule has 0 saturated heterocycles. The zero-order valence-electron chi connectivity index (χ0n) is 14.6. The maximum absolute atomic E-state index is 12.2. The summed E-state index contributed by atoms with van der Waals surface area (Å²) in [5, 5.41) is 5.02. The number of hydrogen-bond donors (Lipinski definition) is 1. The van der Waals surface area contributed by atoms with Gasteiger partial charge in [-0.05, 0) is 51.5 Å². The fourth-order valence-electron chi connectivity index (χ4n) is 2.32. The van der Waals surface area contributed by atoms with Crippen LogP contribution in [0.5, 0.6) is 5.75 Å². The molecule has 1 amide bonds. The molecule has 0 aliphatic rings. The topological polar surface area (TPSA) is 50.7 Å². The molecule has 132 valence electrons. The van der Waals surface area contributed by atoms with Crippen LogP contribution in [0.25, 0.3) is 0 Å². The molecule has 1 N–H and O–H groups in total. The molecule has 0 heterocycles. The highest BCUT2D eigenvalue weighted by molar-refractivity contribution is 6.35. The first-order chi connectivity index (χ1) is 11.8. The number of benzene rings is 2. The second kappa shape index (κ2) is 8.37. The van der Waals surface area contributed by atoms with Gasteiger partial charge in [0.1, 0.15) is 5.75 Å². The van der Waals surface area contributed by atoms with Crippen LogP contribution >= 0.6 is 23.2 Å². The van der Waals surface area contributed by atoms with E-state index in [2.05, 4.69) is 16.6 Å². The lowest BCUT2D eigenvalue weighted by Gasteiger charge is -2.14. The smallest absolute Gasteiger partial charge is 0.280 e. The van der Waals surface area contributed by atoms with Crippen LogP contribution in [0.2, 0.25) is 10.0 Å². The molecular formula is C19H20Cl2N2O2. The highest BCUT2D eigenvalue weighted by Gasteiger charge is 2.16. The molecule has 2 rings (SSSR count). The Morgan fingerprint density at radius 1 is 1.16 bits per heavy atom. The summed E-state index contributed by atoms with van der Waals surface area (Å²) in [6, 6.07) is 10.9. The van der Waals surface area contributed by atoms with Crippen LogP contribution in [0.1, 0.15) is 30.5 Å². The average molecular weight is 379 g/mol. The summed E-state index contributed by atoms with van der Waals surface area (Å²) in [5.41, 5.74) is 6.52. The van der Waals surface area contributed by atoms with Crippen molar-refractivity contribution in [3.05, 3.63) is 63.1 Å². The molecule has 6 heteroatoms. The first-order valence-corrected chi connectivity index (χ1v) is 8.57. The van der Waals surface area contributed by atoms with Gasteiger partial charge in [-0.25, -0.2) is 5.43 Å². The van der Waals surface area contributed by atoms with E-state index in [-0.39, 0.29) is 5.91 Å². The quantitative estimate of drug-likeness (QED) is 0.592. The Morgan fingerprint density at radius 2 is 1.88 bits per heavy atom. The van der Waals surface area contributed by atoms with Gasteiger partial charge < -0.3 is 4.74 Å². The van der Waals surface area contributed by atoms with E-state index >= 15 is 0 Å². The minimum Gasteiger partial charge on any atom is -0.479 e. The Bertz CT molecular complexity index is 819. The van der Waals surface area contributed by atoms with Gasteiger partial charge in [0.15, 0.2) is 6.10 Å². The van der Waals surface area contributed by atoms with Gasteiger partial charge in [0.05, 0.1) is 10.7 Å². The van der Waals surface area contributed by atoms with E-state index < -0.39 is 6.10 Å². The molecule has 0 aliphatic carbocycles. The SMILES string of the molecule is C/C(=N\NC(=O)C(C)Oc1ccc(Cl)cc1Cl)c1ccc(C)cc1C. The van der Waals surface area contributed by atoms with Gasteiger partial charge in [0.2, 0.25) is 0 Å². The van der Waals surface area contributed by atoms with Gasteiger partial charge in [-0.1, -0.05) is 47.0 Å². The Morgan fingerprint density at radius 3 is 2.52 bits per heavy atom. The van der Waals surface area contributed by atoms with Crippen molar-refractivity contribution in [1.82, 2.24) is 5.43 Å². The third-order valence-corrected chi connectivity index (χ3v) is 4.20. The van der Waals surface area contributed by atoms with Crippen molar-refractivity contribution in [1.29, 1.82) is 0 Å². The number of ether oxygens (including phenoxy) is 1. The summed E-state index contributed by atoms with van der Waals surface area (Å²) in [4.78, 5) is 12.2. The van der Waals surface area contributed by atoms with E-state index in [1.807, 2.05) is 32.9 Å². The van der Waals surface area contributed by atoms with E-state index in [0.717, 1.165) is 16.8 Å². The monoisotopic (exact) mass is 378 g/mol. The molecule has 2 aromatic carbocycles. The zero-order valence-corrected chi connectivity index (χ0v) is 16.1. The van der Waals surface area contributed by atoms with Crippen molar-refractivity contribution in [2.24, 2.45) is 5.10 Å². The van der Waals surface area contributed by atoms with Gasteiger partial charge in [-0.3, -0.25) is 4.79 Å². The van der Waals surface area contributed by atoms with Crippen molar-refractivity contribution in [3.63, 3.8) is 0 Å². The summed E-state index contributed by atoms with van der Waals surface area (Å²) in [6.45, 7) is 7.52. The number of hydrogen-bond acceptors (Lipinski definition) is 3. The molecule has 4 nitrogen and oxygen atoms in total.